The van der Waals surface area contributed by atoms with Crippen molar-refractivity contribution in [1.29, 1.82) is 0 Å². The van der Waals surface area contributed by atoms with Crippen molar-refractivity contribution in [2.75, 3.05) is 0 Å². The van der Waals surface area contributed by atoms with Gasteiger partial charge in [0.05, 0.1) is 17.4 Å². The largest absolute Gasteiger partial charge is 0.499 e. The van der Waals surface area contributed by atoms with Crippen molar-refractivity contribution >= 4 is 28.5 Å². The van der Waals surface area contributed by atoms with Crippen LogP contribution in [0.15, 0.2) is 16.9 Å². The number of rotatable bonds is 1. The monoisotopic (exact) mass is 301 g/mol. The van der Waals surface area contributed by atoms with Gasteiger partial charge in [0.15, 0.2) is 0 Å². The van der Waals surface area contributed by atoms with Crippen molar-refractivity contribution in [2.24, 2.45) is 0 Å². The van der Waals surface area contributed by atoms with Gasteiger partial charge in [0, 0.05) is 16.1 Å². The molecule has 0 amide bonds. The molecule has 0 aromatic carbocycles. The molecule has 0 radical (unpaired) electrons. The van der Waals surface area contributed by atoms with Crippen LogP contribution in [-0.4, -0.2) is 23.3 Å². The van der Waals surface area contributed by atoms with E-state index in [-0.39, 0.29) is 0 Å². The first kappa shape index (κ1) is 13.0. The van der Waals surface area contributed by atoms with E-state index in [1.54, 1.807) is 0 Å². The third kappa shape index (κ3) is 2.14. The molecule has 1 aliphatic rings. The van der Waals surface area contributed by atoms with Gasteiger partial charge < -0.3 is 9.31 Å². The van der Waals surface area contributed by atoms with Crippen LogP contribution in [0, 0.1) is 5.82 Å². The third-order valence-corrected chi connectivity index (χ3v) is 4.01. The van der Waals surface area contributed by atoms with Crippen LogP contribution < -0.4 is 5.46 Å². The number of hydrogen-bond donors (Lipinski definition) is 0. The van der Waals surface area contributed by atoms with E-state index in [4.69, 9.17) is 9.31 Å². The van der Waals surface area contributed by atoms with Crippen LogP contribution >= 0.6 is 15.9 Å². The minimum Gasteiger partial charge on any atom is -0.399 e. The number of hydrogen-bond acceptors (Lipinski definition) is 3. The fourth-order valence-electron chi connectivity index (χ4n) is 1.61. The molecule has 6 heteroatoms. The van der Waals surface area contributed by atoms with Crippen molar-refractivity contribution in [1.82, 2.24) is 4.98 Å². The van der Waals surface area contributed by atoms with Gasteiger partial charge in [0.1, 0.15) is 5.82 Å². The first-order valence-electron chi connectivity index (χ1n) is 5.39. The molecule has 17 heavy (non-hydrogen) atoms. The van der Waals surface area contributed by atoms with Crippen LogP contribution in [0.5, 0.6) is 0 Å². The maximum atomic E-state index is 13.8. The van der Waals surface area contributed by atoms with E-state index in [0.717, 1.165) is 6.20 Å². The SMILES string of the molecule is CC1(C)OB(c2c(F)cncc2Br)OC1(C)C. The van der Waals surface area contributed by atoms with E-state index in [0.29, 0.717) is 9.94 Å². The molecule has 0 N–H and O–H groups in total. The molecule has 1 aliphatic heterocycles. The summed E-state index contributed by atoms with van der Waals surface area (Å²) in [6, 6.07) is 0. The van der Waals surface area contributed by atoms with Crippen molar-refractivity contribution in [3.63, 3.8) is 0 Å². The van der Waals surface area contributed by atoms with E-state index in [9.17, 15) is 4.39 Å². The zero-order chi connectivity index (χ0) is 12.8. The molecule has 0 unspecified atom stereocenters. The highest BCUT2D eigenvalue weighted by Crippen LogP contribution is 2.37. The maximum absolute atomic E-state index is 13.8. The van der Waals surface area contributed by atoms with Gasteiger partial charge in [0.2, 0.25) is 0 Å². The fraction of sp³-hybridized carbons (Fsp3) is 0.545. The topological polar surface area (TPSA) is 31.4 Å². The third-order valence-electron chi connectivity index (χ3n) is 3.38. The van der Waals surface area contributed by atoms with Crippen molar-refractivity contribution in [3.8, 4) is 0 Å². The predicted octanol–water partition coefficient (Wildman–Crippen LogP) is 2.28. The second kappa shape index (κ2) is 4.04. The molecule has 0 aliphatic carbocycles. The van der Waals surface area contributed by atoms with Crippen LogP contribution in [0.3, 0.4) is 0 Å². The Morgan fingerprint density at radius 1 is 1.18 bits per heavy atom. The van der Waals surface area contributed by atoms with E-state index in [2.05, 4.69) is 20.9 Å². The minimum absolute atomic E-state index is 0.360. The summed E-state index contributed by atoms with van der Waals surface area (Å²) < 4.78 is 25.9. The number of halogens is 2. The maximum Gasteiger partial charge on any atom is 0.499 e. The lowest BCUT2D eigenvalue weighted by atomic mass is 9.79. The zero-order valence-corrected chi connectivity index (χ0v) is 11.8. The first-order valence-corrected chi connectivity index (χ1v) is 6.18. The Morgan fingerprint density at radius 2 is 1.71 bits per heavy atom. The summed E-state index contributed by atoms with van der Waals surface area (Å²) in [6.07, 6.45) is 2.69. The van der Waals surface area contributed by atoms with Gasteiger partial charge in [-0.3, -0.25) is 4.98 Å². The van der Waals surface area contributed by atoms with Crippen LogP contribution in [0.25, 0.3) is 0 Å². The van der Waals surface area contributed by atoms with Gasteiger partial charge in [-0.2, -0.15) is 0 Å². The normalized spacial score (nSPS) is 21.9. The Kier molecular flexibility index (Phi) is 3.08. The zero-order valence-electron chi connectivity index (χ0n) is 10.3. The molecular formula is C11H14BBrFNO2. The van der Waals surface area contributed by atoms with Crippen LogP contribution in [0.2, 0.25) is 0 Å². The smallest absolute Gasteiger partial charge is 0.399 e. The summed E-state index contributed by atoms with van der Waals surface area (Å²) in [5, 5.41) is 0. The van der Waals surface area contributed by atoms with Crippen LogP contribution in [0.1, 0.15) is 27.7 Å². The van der Waals surface area contributed by atoms with E-state index >= 15 is 0 Å². The molecule has 92 valence electrons. The number of aromatic nitrogens is 1. The van der Waals surface area contributed by atoms with Crippen LogP contribution in [-0.2, 0) is 9.31 Å². The molecule has 2 heterocycles. The molecule has 3 nitrogen and oxygen atoms in total. The fourth-order valence-corrected chi connectivity index (χ4v) is 2.10. The van der Waals surface area contributed by atoms with Crippen molar-refractivity contribution in [3.05, 3.63) is 22.7 Å². The Balaban J connectivity index is 2.39. The minimum atomic E-state index is -0.711. The Morgan fingerprint density at radius 3 is 2.18 bits per heavy atom. The molecule has 2 rings (SSSR count). The molecule has 1 aromatic heterocycles. The average molecular weight is 302 g/mol. The van der Waals surface area contributed by atoms with Gasteiger partial charge in [0.25, 0.3) is 0 Å². The van der Waals surface area contributed by atoms with Crippen molar-refractivity contribution < 1.29 is 13.7 Å². The Bertz CT molecular complexity index is 417. The molecule has 1 aromatic rings. The summed E-state index contributed by atoms with van der Waals surface area (Å²) in [7, 11) is -0.711. The second-order valence-electron chi connectivity index (χ2n) is 5.11. The molecular weight excluding hydrogens is 288 g/mol. The molecule has 1 fully saturated rings. The lowest BCUT2D eigenvalue weighted by Gasteiger charge is -2.32. The molecule has 0 spiro atoms. The molecule has 0 bridgehead atoms. The van der Waals surface area contributed by atoms with Crippen molar-refractivity contribution in [2.45, 2.75) is 38.9 Å². The Labute approximate surface area is 109 Å². The summed E-state index contributed by atoms with van der Waals surface area (Å²) in [5.74, 6) is -0.433. The molecule has 0 atom stereocenters. The standard InChI is InChI=1S/C11H14BBrFNO2/c1-10(2)11(3,4)17-12(16-10)9-7(13)5-15-6-8(9)14/h5-6H,1-4H3. The van der Waals surface area contributed by atoms with Gasteiger partial charge in [-0.25, -0.2) is 4.39 Å². The summed E-state index contributed by atoms with van der Waals surface area (Å²) in [6.45, 7) is 7.72. The quantitative estimate of drug-likeness (QED) is 0.746. The second-order valence-corrected chi connectivity index (χ2v) is 5.96. The Hall–Kier alpha value is -0.455. The van der Waals surface area contributed by atoms with E-state index in [1.807, 2.05) is 27.7 Å². The summed E-state index contributed by atoms with van der Waals surface area (Å²) in [4.78, 5) is 3.76. The van der Waals surface area contributed by atoms with Gasteiger partial charge in [-0.1, -0.05) is 0 Å². The predicted molar refractivity (Wildman–Crippen MR) is 67.6 cm³/mol. The molecule has 0 saturated carbocycles. The highest BCUT2D eigenvalue weighted by Gasteiger charge is 2.53. The van der Waals surface area contributed by atoms with E-state index < -0.39 is 24.1 Å². The number of pyridine rings is 1. The van der Waals surface area contributed by atoms with E-state index in [1.165, 1.54) is 6.20 Å². The molecule has 1 saturated heterocycles. The lowest BCUT2D eigenvalue weighted by Crippen LogP contribution is -2.41. The van der Waals surface area contributed by atoms with Crippen LogP contribution in [0.4, 0.5) is 4.39 Å². The summed E-state index contributed by atoms with van der Waals surface area (Å²) in [5.41, 5.74) is -0.599. The number of nitrogens with zero attached hydrogens (tertiary/aromatic N) is 1. The highest BCUT2D eigenvalue weighted by molar-refractivity contribution is 9.10. The first-order chi connectivity index (χ1) is 7.74. The van der Waals surface area contributed by atoms with Gasteiger partial charge in [-0.15, -0.1) is 0 Å². The summed E-state index contributed by atoms with van der Waals surface area (Å²) >= 11 is 3.27. The highest BCUT2D eigenvalue weighted by atomic mass is 79.9. The average Bonchev–Trinajstić information content (AvgIpc) is 2.35. The lowest BCUT2D eigenvalue weighted by molar-refractivity contribution is 0.00578. The van der Waals surface area contributed by atoms with Gasteiger partial charge >= 0.3 is 7.12 Å². The van der Waals surface area contributed by atoms with Gasteiger partial charge in [-0.05, 0) is 43.6 Å².